The largest absolute Gasteiger partial charge is 0.416 e. The highest BCUT2D eigenvalue weighted by Gasteiger charge is 2.35. The van der Waals surface area contributed by atoms with Crippen LogP contribution in [-0.4, -0.2) is 29.2 Å². The summed E-state index contributed by atoms with van der Waals surface area (Å²) in [5, 5.41) is 20.3. The fourth-order valence-corrected chi connectivity index (χ4v) is 2.86. The predicted octanol–water partition coefficient (Wildman–Crippen LogP) is 3.35. The molecule has 1 heterocycles. The van der Waals surface area contributed by atoms with E-state index in [1.54, 1.807) is 4.90 Å². The van der Waals surface area contributed by atoms with Crippen LogP contribution in [-0.2, 0) is 6.18 Å². The van der Waals surface area contributed by atoms with Crippen LogP contribution < -0.4 is 4.90 Å². The maximum Gasteiger partial charge on any atom is 0.416 e. The van der Waals surface area contributed by atoms with Gasteiger partial charge in [0.05, 0.1) is 10.5 Å². The van der Waals surface area contributed by atoms with E-state index in [-0.39, 0.29) is 18.3 Å². The van der Waals surface area contributed by atoms with Gasteiger partial charge in [0.1, 0.15) is 5.69 Å². The quantitative estimate of drug-likeness (QED) is 0.683. The Balaban J connectivity index is 2.42. The van der Waals surface area contributed by atoms with Crippen LogP contribution in [0.3, 0.4) is 0 Å². The number of aliphatic hydroxyl groups excluding tert-OH is 1. The highest BCUT2D eigenvalue weighted by Crippen LogP contribution is 2.38. The second-order valence-corrected chi connectivity index (χ2v) is 5.31. The lowest BCUT2D eigenvalue weighted by Crippen LogP contribution is -2.40. The molecule has 0 saturated carbocycles. The average molecular weight is 318 g/mol. The number of nitrogens with zero attached hydrogens (tertiary/aromatic N) is 2. The van der Waals surface area contributed by atoms with Crippen LogP contribution in [0.25, 0.3) is 0 Å². The van der Waals surface area contributed by atoms with E-state index in [1.807, 2.05) is 0 Å². The summed E-state index contributed by atoms with van der Waals surface area (Å²) in [6.07, 6.45) is -1.65. The van der Waals surface area contributed by atoms with Gasteiger partial charge in [-0.3, -0.25) is 10.1 Å². The summed E-state index contributed by atoms with van der Waals surface area (Å²) in [5.41, 5.74) is -1.38. The van der Waals surface area contributed by atoms with Crippen LogP contribution in [0.2, 0.25) is 0 Å². The minimum Gasteiger partial charge on any atom is -0.396 e. The molecule has 1 aromatic carbocycles. The Labute approximate surface area is 125 Å². The Kier molecular flexibility index (Phi) is 4.90. The van der Waals surface area contributed by atoms with Crippen molar-refractivity contribution >= 4 is 11.4 Å². The normalized spacial score (nSPS) is 19.3. The number of aliphatic hydroxyl groups is 1. The number of piperidine rings is 1. The van der Waals surface area contributed by atoms with Crippen LogP contribution in [0, 0.1) is 10.1 Å². The third-order valence-corrected chi connectivity index (χ3v) is 3.90. The summed E-state index contributed by atoms with van der Waals surface area (Å²) in [5.74, 6) is 0. The molecule has 1 aliphatic rings. The Morgan fingerprint density at radius 3 is 2.68 bits per heavy atom. The molecule has 1 aromatic rings. The topological polar surface area (TPSA) is 66.6 Å². The first-order valence-electron chi connectivity index (χ1n) is 7.07. The average Bonchev–Trinajstić information content (AvgIpc) is 2.46. The molecule has 0 aliphatic carbocycles. The third-order valence-electron chi connectivity index (χ3n) is 3.90. The molecular weight excluding hydrogens is 301 g/mol. The molecule has 0 spiro atoms. The maximum atomic E-state index is 12.7. The zero-order valence-corrected chi connectivity index (χ0v) is 11.8. The van der Waals surface area contributed by atoms with Gasteiger partial charge in [0, 0.05) is 25.3 Å². The van der Waals surface area contributed by atoms with Crippen molar-refractivity contribution in [2.24, 2.45) is 0 Å². The summed E-state index contributed by atoms with van der Waals surface area (Å²) in [6, 6.07) is 2.53. The van der Waals surface area contributed by atoms with Crippen LogP contribution in [0.5, 0.6) is 0 Å². The van der Waals surface area contributed by atoms with Gasteiger partial charge in [-0.15, -0.1) is 0 Å². The number of hydrogen-bond acceptors (Lipinski definition) is 4. The molecule has 5 nitrogen and oxygen atoms in total. The molecule has 1 fully saturated rings. The Morgan fingerprint density at radius 2 is 2.09 bits per heavy atom. The number of rotatable bonds is 4. The monoisotopic (exact) mass is 318 g/mol. The van der Waals surface area contributed by atoms with E-state index in [1.165, 1.54) is 0 Å². The number of nitro groups is 1. The van der Waals surface area contributed by atoms with Gasteiger partial charge in [0.25, 0.3) is 5.69 Å². The van der Waals surface area contributed by atoms with Crippen molar-refractivity contribution in [2.45, 2.75) is 37.9 Å². The number of halogens is 3. The van der Waals surface area contributed by atoms with Crippen molar-refractivity contribution in [1.29, 1.82) is 0 Å². The number of nitro benzene ring substituents is 1. The van der Waals surface area contributed by atoms with Crippen molar-refractivity contribution in [2.75, 3.05) is 18.1 Å². The van der Waals surface area contributed by atoms with Crippen LogP contribution >= 0.6 is 0 Å². The Morgan fingerprint density at radius 1 is 1.36 bits per heavy atom. The molecule has 2 rings (SSSR count). The van der Waals surface area contributed by atoms with Crippen LogP contribution in [0.4, 0.5) is 24.5 Å². The number of anilines is 1. The molecule has 1 unspecified atom stereocenters. The first kappa shape index (κ1) is 16.5. The molecule has 1 saturated heterocycles. The van der Waals surface area contributed by atoms with E-state index in [4.69, 9.17) is 5.11 Å². The van der Waals surface area contributed by atoms with E-state index in [2.05, 4.69) is 0 Å². The van der Waals surface area contributed by atoms with Crippen molar-refractivity contribution in [3.05, 3.63) is 33.9 Å². The minimum atomic E-state index is -4.62. The van der Waals surface area contributed by atoms with Gasteiger partial charge in [-0.25, -0.2) is 0 Å². The Bertz CT molecular complexity index is 547. The zero-order chi connectivity index (χ0) is 16.3. The highest BCUT2D eigenvalue weighted by atomic mass is 19.4. The van der Waals surface area contributed by atoms with Gasteiger partial charge in [-0.2, -0.15) is 13.2 Å². The molecule has 122 valence electrons. The molecule has 0 aromatic heterocycles. The molecule has 1 N–H and O–H groups in total. The van der Waals surface area contributed by atoms with E-state index in [0.29, 0.717) is 19.0 Å². The minimum absolute atomic E-state index is 0.0599. The molecule has 8 heteroatoms. The first-order valence-corrected chi connectivity index (χ1v) is 7.07. The van der Waals surface area contributed by atoms with Crippen molar-refractivity contribution < 1.29 is 23.2 Å². The van der Waals surface area contributed by atoms with E-state index in [9.17, 15) is 23.3 Å². The van der Waals surface area contributed by atoms with Gasteiger partial charge >= 0.3 is 6.18 Å². The maximum absolute atomic E-state index is 12.7. The fourth-order valence-electron chi connectivity index (χ4n) is 2.86. The molecule has 0 amide bonds. The lowest BCUT2D eigenvalue weighted by molar-refractivity contribution is -0.384. The first-order chi connectivity index (χ1) is 10.3. The zero-order valence-electron chi connectivity index (χ0n) is 11.8. The smallest absolute Gasteiger partial charge is 0.396 e. The summed E-state index contributed by atoms with van der Waals surface area (Å²) in [7, 11) is 0. The summed E-state index contributed by atoms with van der Waals surface area (Å²) < 4.78 is 38.2. The van der Waals surface area contributed by atoms with E-state index < -0.39 is 22.4 Å². The van der Waals surface area contributed by atoms with Gasteiger partial charge in [-0.1, -0.05) is 0 Å². The van der Waals surface area contributed by atoms with E-state index in [0.717, 1.165) is 31.4 Å². The van der Waals surface area contributed by atoms with Gasteiger partial charge < -0.3 is 10.0 Å². The lowest BCUT2D eigenvalue weighted by atomic mass is 9.98. The molecule has 22 heavy (non-hydrogen) atoms. The second-order valence-electron chi connectivity index (χ2n) is 5.31. The van der Waals surface area contributed by atoms with Crippen molar-refractivity contribution in [1.82, 2.24) is 0 Å². The predicted molar refractivity (Wildman–Crippen MR) is 74.8 cm³/mol. The Hall–Kier alpha value is -1.83. The van der Waals surface area contributed by atoms with Gasteiger partial charge in [0.15, 0.2) is 0 Å². The second kappa shape index (κ2) is 6.51. The SMILES string of the molecule is O=[N+]([O-])c1cc(C(F)(F)F)ccc1N1CCCCC1CCO. The standard InChI is InChI=1S/C14H17F3N2O3/c15-14(16,17)10-4-5-12(13(9-10)19(21)22)18-7-2-1-3-11(18)6-8-20/h4-5,9,11,20H,1-3,6-8H2. The highest BCUT2D eigenvalue weighted by molar-refractivity contribution is 5.65. The summed E-state index contributed by atoms with van der Waals surface area (Å²) in [4.78, 5) is 12.1. The van der Waals surface area contributed by atoms with Crippen LogP contribution in [0.1, 0.15) is 31.2 Å². The summed E-state index contributed by atoms with van der Waals surface area (Å²) >= 11 is 0. The summed E-state index contributed by atoms with van der Waals surface area (Å²) in [6.45, 7) is 0.479. The van der Waals surface area contributed by atoms with Crippen molar-refractivity contribution in [3.63, 3.8) is 0 Å². The number of alkyl halides is 3. The molecule has 0 radical (unpaired) electrons. The third kappa shape index (κ3) is 3.49. The molecule has 1 atom stereocenters. The lowest BCUT2D eigenvalue weighted by Gasteiger charge is -2.37. The van der Waals surface area contributed by atoms with Crippen LogP contribution in [0.15, 0.2) is 18.2 Å². The van der Waals surface area contributed by atoms with E-state index >= 15 is 0 Å². The molecular formula is C14H17F3N2O3. The van der Waals surface area contributed by atoms with Crippen molar-refractivity contribution in [3.8, 4) is 0 Å². The number of benzene rings is 1. The number of hydrogen-bond donors (Lipinski definition) is 1. The van der Waals surface area contributed by atoms with Gasteiger partial charge in [-0.05, 0) is 37.8 Å². The van der Waals surface area contributed by atoms with Gasteiger partial charge in [0.2, 0.25) is 0 Å². The fraction of sp³-hybridized carbons (Fsp3) is 0.571. The molecule has 1 aliphatic heterocycles. The molecule has 0 bridgehead atoms.